The third-order valence-corrected chi connectivity index (χ3v) is 4.68. The van der Waals surface area contributed by atoms with E-state index in [1.54, 1.807) is 18.3 Å². The number of nitrogens with two attached hydrogens (primary N) is 1. The lowest BCUT2D eigenvalue weighted by Crippen LogP contribution is -2.31. The van der Waals surface area contributed by atoms with Crippen molar-refractivity contribution in [1.82, 2.24) is 9.97 Å². The molecule has 144 valence electrons. The first-order valence-corrected chi connectivity index (χ1v) is 9.16. The largest absolute Gasteiger partial charge is 0.497 e. The third kappa shape index (κ3) is 3.93. The summed E-state index contributed by atoms with van der Waals surface area (Å²) in [5, 5.41) is 2.66. The molecule has 0 unspecified atom stereocenters. The Hall–Kier alpha value is -3.77. The highest BCUT2D eigenvalue weighted by molar-refractivity contribution is 5.79. The van der Waals surface area contributed by atoms with Gasteiger partial charge in [0.2, 0.25) is 0 Å². The van der Waals surface area contributed by atoms with Crippen molar-refractivity contribution in [2.45, 2.75) is 6.54 Å². The van der Waals surface area contributed by atoms with Gasteiger partial charge in [-0.25, -0.2) is 10.8 Å². The van der Waals surface area contributed by atoms with E-state index in [1.807, 2.05) is 60.7 Å². The van der Waals surface area contributed by atoms with Crippen LogP contribution in [0, 0.1) is 0 Å². The van der Waals surface area contributed by atoms with Crippen LogP contribution < -0.4 is 15.6 Å². The fraction of sp³-hybridized carbons (Fsp3) is 0.0870. The summed E-state index contributed by atoms with van der Waals surface area (Å²) in [6, 6.07) is 21.6. The topological polar surface area (TPSA) is 76.6 Å². The molecule has 6 nitrogen and oxygen atoms in total. The predicted octanol–water partition coefficient (Wildman–Crippen LogP) is 4.52. The van der Waals surface area contributed by atoms with Gasteiger partial charge in [0.15, 0.2) is 5.82 Å². The van der Waals surface area contributed by atoms with E-state index < -0.39 is 0 Å². The molecule has 0 aliphatic heterocycles. The third-order valence-electron chi connectivity index (χ3n) is 4.68. The summed E-state index contributed by atoms with van der Waals surface area (Å²) in [4.78, 5) is 13.2. The number of benzene rings is 2. The van der Waals surface area contributed by atoms with Gasteiger partial charge in [-0.05, 0) is 54.7 Å². The van der Waals surface area contributed by atoms with Gasteiger partial charge in [-0.3, -0.25) is 15.0 Å². The zero-order chi connectivity index (χ0) is 20.2. The Morgan fingerprint density at radius 3 is 2.79 bits per heavy atom. The molecule has 0 amide bonds. The number of fused-ring (bicyclic) bond motifs is 1. The van der Waals surface area contributed by atoms with Gasteiger partial charge >= 0.3 is 0 Å². The Bertz CT molecular complexity index is 1170. The molecule has 4 rings (SSSR count). The molecule has 0 aliphatic rings. The van der Waals surface area contributed by atoms with Crippen molar-refractivity contribution in [3.63, 3.8) is 0 Å². The van der Waals surface area contributed by atoms with Crippen molar-refractivity contribution in [3.8, 4) is 17.0 Å². The van der Waals surface area contributed by atoms with Gasteiger partial charge in [-0.2, -0.15) is 0 Å². The van der Waals surface area contributed by atoms with E-state index in [9.17, 15) is 0 Å². The number of methoxy groups -OCH3 is 1. The predicted molar refractivity (Wildman–Crippen MR) is 118 cm³/mol. The molecular formula is C23H21N5O. The van der Waals surface area contributed by atoms with Crippen LogP contribution in [0.1, 0.15) is 5.56 Å². The maximum atomic E-state index is 6.39. The van der Waals surface area contributed by atoms with E-state index in [2.05, 4.69) is 22.8 Å². The van der Waals surface area contributed by atoms with E-state index in [-0.39, 0.29) is 0 Å². The molecule has 29 heavy (non-hydrogen) atoms. The van der Waals surface area contributed by atoms with E-state index in [0.29, 0.717) is 18.1 Å². The first-order valence-electron chi connectivity index (χ1n) is 9.16. The van der Waals surface area contributed by atoms with Gasteiger partial charge in [0.05, 0.1) is 24.9 Å². The molecule has 0 spiro atoms. The summed E-state index contributed by atoms with van der Waals surface area (Å²) >= 11 is 0. The monoisotopic (exact) mass is 383 g/mol. The lowest BCUT2D eigenvalue weighted by molar-refractivity contribution is 0.415. The number of hydrogen-bond donors (Lipinski definition) is 1. The number of hydrazine groups is 1. The van der Waals surface area contributed by atoms with Crippen LogP contribution in [0.4, 0.5) is 11.5 Å². The smallest absolute Gasteiger partial charge is 0.169 e. The minimum Gasteiger partial charge on any atom is -0.497 e. The van der Waals surface area contributed by atoms with Crippen LogP contribution in [0.25, 0.3) is 22.2 Å². The average molecular weight is 383 g/mol. The Morgan fingerprint density at radius 2 is 1.97 bits per heavy atom. The molecule has 2 heterocycles. The van der Waals surface area contributed by atoms with Crippen molar-refractivity contribution in [2.24, 2.45) is 10.8 Å². The van der Waals surface area contributed by atoms with E-state index >= 15 is 0 Å². The number of nitrogens with zero attached hydrogens (tertiary/aromatic N) is 4. The lowest BCUT2D eigenvalue weighted by atomic mass is 10.1. The molecule has 6 heteroatoms. The molecule has 2 aromatic heterocycles. The highest BCUT2D eigenvalue weighted by Gasteiger charge is 2.13. The summed E-state index contributed by atoms with van der Waals surface area (Å²) in [5.74, 6) is 7.72. The van der Waals surface area contributed by atoms with Gasteiger partial charge in [-0.1, -0.05) is 24.3 Å². The highest BCUT2D eigenvalue weighted by Crippen LogP contribution is 2.31. The zero-order valence-corrected chi connectivity index (χ0v) is 16.1. The van der Waals surface area contributed by atoms with Gasteiger partial charge in [0.1, 0.15) is 11.4 Å². The van der Waals surface area contributed by atoms with Crippen LogP contribution in [0.3, 0.4) is 0 Å². The van der Waals surface area contributed by atoms with Crippen LogP contribution in [0.2, 0.25) is 0 Å². The lowest BCUT2D eigenvalue weighted by Gasteiger charge is -2.20. The van der Waals surface area contributed by atoms with Crippen molar-refractivity contribution < 1.29 is 4.74 Å². The minimum absolute atomic E-state index is 0.474. The molecule has 0 fully saturated rings. The SMILES string of the molecule is C=Nc1ccc(-c2cccc(OC)c2)nc1N(N)Cc1ccc2ncccc2c1. The number of rotatable bonds is 6. The van der Waals surface area contributed by atoms with Crippen molar-refractivity contribution in [2.75, 3.05) is 12.1 Å². The number of aliphatic imine (C=N–C) groups is 1. The van der Waals surface area contributed by atoms with Crippen LogP contribution in [-0.4, -0.2) is 23.8 Å². The molecule has 2 aromatic carbocycles. The van der Waals surface area contributed by atoms with Crippen LogP contribution in [-0.2, 0) is 6.54 Å². The van der Waals surface area contributed by atoms with Crippen LogP contribution in [0.15, 0.2) is 77.9 Å². The first-order chi connectivity index (χ1) is 14.2. The Kier molecular flexibility index (Phi) is 5.18. The van der Waals surface area contributed by atoms with Crippen molar-refractivity contribution in [1.29, 1.82) is 0 Å². The maximum Gasteiger partial charge on any atom is 0.169 e. The molecule has 2 N–H and O–H groups in total. The summed E-state index contributed by atoms with van der Waals surface area (Å²) in [7, 11) is 1.64. The molecule has 0 aliphatic carbocycles. The summed E-state index contributed by atoms with van der Waals surface area (Å²) < 4.78 is 5.32. The maximum absolute atomic E-state index is 6.39. The minimum atomic E-state index is 0.474. The average Bonchev–Trinajstić information content (AvgIpc) is 2.78. The zero-order valence-electron chi connectivity index (χ0n) is 16.1. The molecule has 0 saturated carbocycles. The molecule has 0 bridgehead atoms. The van der Waals surface area contributed by atoms with Crippen LogP contribution >= 0.6 is 0 Å². The number of anilines is 1. The van der Waals surface area contributed by atoms with Gasteiger partial charge in [0.25, 0.3) is 0 Å². The fourth-order valence-electron chi connectivity index (χ4n) is 3.21. The van der Waals surface area contributed by atoms with Crippen molar-refractivity contribution in [3.05, 3.63) is 78.5 Å². The van der Waals surface area contributed by atoms with E-state index in [4.69, 9.17) is 15.6 Å². The molecule has 0 saturated heterocycles. The Morgan fingerprint density at radius 1 is 1.07 bits per heavy atom. The second-order valence-corrected chi connectivity index (χ2v) is 6.59. The second kappa shape index (κ2) is 8.08. The summed E-state index contributed by atoms with van der Waals surface area (Å²) in [5.41, 5.74) is 4.35. The summed E-state index contributed by atoms with van der Waals surface area (Å²) in [6.07, 6.45) is 1.78. The number of pyridine rings is 2. The Balaban J connectivity index is 1.67. The second-order valence-electron chi connectivity index (χ2n) is 6.59. The van der Waals surface area contributed by atoms with Crippen LogP contribution in [0.5, 0.6) is 5.75 Å². The van der Waals surface area contributed by atoms with Gasteiger partial charge in [-0.15, -0.1) is 0 Å². The highest BCUT2D eigenvalue weighted by atomic mass is 16.5. The molecule has 0 atom stereocenters. The number of hydrogen-bond acceptors (Lipinski definition) is 6. The van der Waals surface area contributed by atoms with Gasteiger partial charge < -0.3 is 4.74 Å². The first kappa shape index (κ1) is 18.6. The summed E-state index contributed by atoms with van der Waals surface area (Å²) in [6.45, 7) is 4.13. The molecular weight excluding hydrogens is 362 g/mol. The standard InChI is InChI=1S/C23H21N5O/c1-25-22-11-10-21(18-5-3-7-19(14-18)29-2)27-23(22)28(24)15-16-8-9-20-17(13-16)6-4-12-26-20/h3-14H,1,15,24H2,2H3. The number of aromatic nitrogens is 2. The quantitative estimate of drug-likeness (QED) is 0.301. The van der Waals surface area contributed by atoms with Gasteiger partial charge in [0, 0.05) is 17.1 Å². The fourth-order valence-corrected chi connectivity index (χ4v) is 3.21. The number of ether oxygens (including phenoxy) is 1. The molecule has 4 aromatic rings. The Labute approximate surface area is 169 Å². The van der Waals surface area contributed by atoms with Crippen molar-refractivity contribution >= 4 is 29.1 Å². The molecule has 0 radical (unpaired) electrons. The normalized spacial score (nSPS) is 10.7. The van der Waals surface area contributed by atoms with E-state index in [1.165, 1.54) is 0 Å². The van der Waals surface area contributed by atoms with E-state index in [0.717, 1.165) is 33.5 Å².